The van der Waals surface area contributed by atoms with Gasteiger partial charge in [-0.1, -0.05) is 12.1 Å². The molecular weight excluding hydrogens is 359 g/mol. The van der Waals surface area contributed by atoms with Crippen LogP contribution in [-0.2, 0) is 0 Å². The Hall–Kier alpha value is -2.35. The van der Waals surface area contributed by atoms with Gasteiger partial charge >= 0.3 is 12.1 Å². The van der Waals surface area contributed by atoms with E-state index >= 15 is 0 Å². The first-order chi connectivity index (χ1) is 11.6. The number of rotatable bonds is 5. The zero-order valence-corrected chi connectivity index (χ0v) is 13.8. The average molecular weight is 372 g/mol. The van der Waals surface area contributed by atoms with Gasteiger partial charge in [0.1, 0.15) is 5.71 Å². The number of thiophene rings is 1. The number of alkyl halides is 5. The Morgan fingerprint density at radius 2 is 1.88 bits per heavy atom. The molecule has 0 spiro atoms. The maximum Gasteiger partial charge on any atom is 0.459 e. The highest BCUT2D eigenvalue weighted by atomic mass is 32.1. The van der Waals surface area contributed by atoms with Gasteiger partial charge in [0, 0.05) is 11.1 Å². The van der Waals surface area contributed by atoms with E-state index < -0.39 is 17.8 Å². The van der Waals surface area contributed by atoms with Crippen LogP contribution in [0, 0.1) is 5.41 Å². The first kappa shape index (κ1) is 19.0. The van der Waals surface area contributed by atoms with Crippen LogP contribution in [0.25, 0.3) is 17.7 Å². The molecule has 0 saturated heterocycles. The Balaban J connectivity index is 2.23. The number of hydrogen-bond acceptors (Lipinski definition) is 3. The van der Waals surface area contributed by atoms with Crippen molar-refractivity contribution in [2.24, 2.45) is 0 Å². The summed E-state index contributed by atoms with van der Waals surface area (Å²) in [4.78, 5) is 4.97. The first-order valence-corrected chi connectivity index (χ1v) is 7.89. The van der Waals surface area contributed by atoms with E-state index in [-0.39, 0.29) is 11.3 Å². The minimum Gasteiger partial charge on any atom is -0.299 e. The Labute approximate surface area is 144 Å². The zero-order chi connectivity index (χ0) is 18.7. The molecule has 132 valence electrons. The summed E-state index contributed by atoms with van der Waals surface area (Å²) in [5.41, 5.74) is -0.851. The molecule has 2 heterocycles. The maximum atomic E-state index is 13.1. The molecule has 25 heavy (non-hydrogen) atoms. The van der Waals surface area contributed by atoms with Crippen molar-refractivity contribution >= 4 is 34.8 Å². The summed E-state index contributed by atoms with van der Waals surface area (Å²) in [7, 11) is 0. The van der Waals surface area contributed by atoms with Crippen LogP contribution in [0.2, 0.25) is 0 Å². The van der Waals surface area contributed by atoms with E-state index in [1.54, 1.807) is 18.2 Å². The van der Waals surface area contributed by atoms with Crippen molar-refractivity contribution in [2.45, 2.75) is 19.0 Å². The van der Waals surface area contributed by atoms with Gasteiger partial charge in [-0.3, -0.25) is 10.4 Å². The summed E-state index contributed by atoms with van der Waals surface area (Å²) in [5, 5.41) is 8.98. The highest BCUT2D eigenvalue weighted by molar-refractivity contribution is 7.10. The Kier molecular flexibility index (Phi) is 5.52. The normalized spacial score (nSPS) is 13.4. The van der Waals surface area contributed by atoms with Gasteiger partial charge in [0.15, 0.2) is 0 Å². The van der Waals surface area contributed by atoms with E-state index in [9.17, 15) is 22.0 Å². The lowest BCUT2D eigenvalue weighted by Crippen LogP contribution is -2.42. The molecule has 0 aliphatic heterocycles. The van der Waals surface area contributed by atoms with E-state index in [2.05, 4.69) is 4.98 Å². The second-order valence-corrected chi connectivity index (χ2v) is 6.12. The van der Waals surface area contributed by atoms with Crippen molar-refractivity contribution in [1.29, 1.82) is 5.41 Å². The SMILES string of the molecule is C/C(=C\C(=N)C(F)(F)C(F)(F)F)c1cc(/C=C/c2cccs2)ccn1. The third-order valence-corrected chi connectivity index (χ3v) is 4.06. The Morgan fingerprint density at radius 3 is 2.48 bits per heavy atom. The maximum absolute atomic E-state index is 13.1. The Bertz CT molecular complexity index is 805. The highest BCUT2D eigenvalue weighted by Crippen LogP contribution is 2.37. The summed E-state index contributed by atoms with van der Waals surface area (Å²) in [6, 6.07) is 7.03. The van der Waals surface area contributed by atoms with Crippen LogP contribution in [0.3, 0.4) is 0 Å². The van der Waals surface area contributed by atoms with E-state index in [1.165, 1.54) is 24.5 Å². The smallest absolute Gasteiger partial charge is 0.299 e. The standard InChI is InChI=1S/C17H13F5N2S/c1-11(9-15(23)16(18,19)17(20,21)22)14-10-12(6-7-24-14)4-5-13-3-2-8-25-13/h2-10,23H,1H3/b5-4+,11-9+,23-15?. The number of aromatic nitrogens is 1. The predicted octanol–water partition coefficient (Wildman–Crippen LogP) is 5.93. The fraction of sp³-hybridized carbons (Fsp3) is 0.176. The molecule has 2 nitrogen and oxygen atoms in total. The molecular formula is C17H13F5N2S. The quantitative estimate of drug-likeness (QED) is 0.512. The molecule has 0 radical (unpaired) electrons. The average Bonchev–Trinajstić information content (AvgIpc) is 3.05. The van der Waals surface area contributed by atoms with Crippen LogP contribution < -0.4 is 0 Å². The third kappa shape index (κ3) is 4.60. The summed E-state index contributed by atoms with van der Waals surface area (Å²) < 4.78 is 63.1. The van der Waals surface area contributed by atoms with Crippen LogP contribution in [-0.4, -0.2) is 22.8 Å². The minimum absolute atomic E-state index is 0.0419. The van der Waals surface area contributed by atoms with Crippen LogP contribution in [0.5, 0.6) is 0 Å². The van der Waals surface area contributed by atoms with Crippen molar-refractivity contribution in [3.63, 3.8) is 0 Å². The van der Waals surface area contributed by atoms with Gasteiger partial charge in [0.25, 0.3) is 0 Å². The second kappa shape index (κ2) is 7.26. The zero-order valence-electron chi connectivity index (χ0n) is 12.9. The van der Waals surface area contributed by atoms with Crippen molar-refractivity contribution < 1.29 is 22.0 Å². The fourth-order valence-electron chi connectivity index (χ4n) is 1.86. The first-order valence-electron chi connectivity index (χ1n) is 7.01. The molecule has 0 saturated carbocycles. The van der Waals surface area contributed by atoms with Crippen LogP contribution in [0.1, 0.15) is 23.1 Å². The van der Waals surface area contributed by atoms with Gasteiger partial charge in [0.05, 0.1) is 5.69 Å². The number of nitrogens with one attached hydrogen (secondary N) is 1. The van der Waals surface area contributed by atoms with Crippen LogP contribution in [0.4, 0.5) is 22.0 Å². The summed E-state index contributed by atoms with van der Waals surface area (Å²) in [6.07, 6.45) is -0.267. The molecule has 0 bridgehead atoms. The molecule has 1 N–H and O–H groups in total. The van der Waals surface area contributed by atoms with Crippen molar-refractivity contribution in [3.05, 3.63) is 58.1 Å². The molecule has 0 fully saturated rings. The highest BCUT2D eigenvalue weighted by Gasteiger charge is 2.60. The second-order valence-electron chi connectivity index (χ2n) is 5.14. The Morgan fingerprint density at radius 1 is 1.16 bits per heavy atom. The van der Waals surface area contributed by atoms with Crippen LogP contribution in [0.15, 0.2) is 41.9 Å². The lowest BCUT2D eigenvalue weighted by Gasteiger charge is -2.18. The molecule has 0 unspecified atom stereocenters. The van der Waals surface area contributed by atoms with Crippen molar-refractivity contribution in [3.8, 4) is 0 Å². The third-order valence-electron chi connectivity index (χ3n) is 3.23. The van der Waals surface area contributed by atoms with Gasteiger partial charge in [-0.15, -0.1) is 11.3 Å². The molecule has 8 heteroatoms. The minimum atomic E-state index is -5.81. The molecule has 0 aliphatic carbocycles. The van der Waals surface area contributed by atoms with Gasteiger partial charge in [-0.05, 0) is 53.8 Å². The number of pyridine rings is 1. The molecule has 0 atom stereocenters. The molecule has 2 aromatic heterocycles. The summed E-state index contributed by atoms with van der Waals surface area (Å²) >= 11 is 1.53. The van der Waals surface area contributed by atoms with E-state index in [1.807, 2.05) is 23.6 Å². The number of allylic oxidation sites excluding steroid dienone is 2. The lowest BCUT2D eigenvalue weighted by molar-refractivity contribution is -0.249. The molecule has 2 aromatic rings. The topological polar surface area (TPSA) is 36.7 Å². The summed E-state index contributed by atoms with van der Waals surface area (Å²) in [5.74, 6) is -5.20. The number of nitrogens with zero attached hydrogens (tertiary/aromatic N) is 1. The number of hydrogen-bond donors (Lipinski definition) is 1. The van der Waals surface area contributed by atoms with Gasteiger partial charge in [-0.2, -0.15) is 22.0 Å². The van der Waals surface area contributed by atoms with E-state index in [4.69, 9.17) is 5.41 Å². The molecule has 0 aliphatic rings. The van der Waals surface area contributed by atoms with Crippen molar-refractivity contribution in [2.75, 3.05) is 0 Å². The monoisotopic (exact) mass is 372 g/mol. The number of halogens is 5. The molecule has 2 rings (SSSR count). The van der Waals surface area contributed by atoms with E-state index in [0.717, 1.165) is 4.88 Å². The van der Waals surface area contributed by atoms with Gasteiger partial charge in [-0.25, -0.2) is 0 Å². The van der Waals surface area contributed by atoms with Crippen molar-refractivity contribution in [1.82, 2.24) is 4.98 Å². The fourth-order valence-corrected chi connectivity index (χ4v) is 2.48. The van der Waals surface area contributed by atoms with E-state index in [0.29, 0.717) is 11.6 Å². The largest absolute Gasteiger partial charge is 0.459 e. The van der Waals surface area contributed by atoms with Crippen LogP contribution >= 0.6 is 11.3 Å². The molecule has 0 aromatic carbocycles. The predicted molar refractivity (Wildman–Crippen MR) is 89.9 cm³/mol. The lowest BCUT2D eigenvalue weighted by atomic mass is 10.1. The van der Waals surface area contributed by atoms with Gasteiger partial charge in [0.2, 0.25) is 0 Å². The summed E-state index contributed by atoms with van der Waals surface area (Å²) in [6.45, 7) is 1.33. The van der Waals surface area contributed by atoms with Gasteiger partial charge < -0.3 is 0 Å². The molecule has 0 amide bonds.